The van der Waals surface area contributed by atoms with Crippen LogP contribution in [0.15, 0.2) is 88.4 Å². The molecule has 0 bridgehead atoms. The smallest absolute Gasteiger partial charge is 0.343 e. The number of methoxy groups -OCH3 is 2. The van der Waals surface area contributed by atoms with E-state index in [4.69, 9.17) is 18.9 Å². The summed E-state index contributed by atoms with van der Waals surface area (Å²) < 4.78 is 22.3. The molecule has 1 amide bonds. The van der Waals surface area contributed by atoms with Crippen molar-refractivity contribution in [2.45, 2.75) is 0 Å². The first-order chi connectivity index (χ1) is 18.0. The summed E-state index contributed by atoms with van der Waals surface area (Å²) in [6.45, 7) is -0.213. The molecule has 0 atom stereocenters. The van der Waals surface area contributed by atoms with Crippen molar-refractivity contribution in [2.24, 2.45) is 5.10 Å². The van der Waals surface area contributed by atoms with Crippen molar-refractivity contribution >= 4 is 44.8 Å². The van der Waals surface area contributed by atoms with Gasteiger partial charge in [0.1, 0.15) is 11.5 Å². The van der Waals surface area contributed by atoms with Crippen LogP contribution in [0, 0.1) is 0 Å². The van der Waals surface area contributed by atoms with Crippen molar-refractivity contribution in [2.75, 3.05) is 20.8 Å². The maximum absolute atomic E-state index is 12.7. The number of hydrogen-bond acceptors (Lipinski definition) is 7. The number of carbonyl (C=O) groups is 2. The average molecular weight is 563 g/mol. The van der Waals surface area contributed by atoms with Crippen LogP contribution in [0.1, 0.15) is 15.9 Å². The minimum Gasteiger partial charge on any atom is -0.493 e. The second kappa shape index (κ2) is 12.0. The normalized spacial score (nSPS) is 10.8. The number of carbonyl (C=O) groups excluding carboxylic acids is 2. The van der Waals surface area contributed by atoms with Crippen LogP contribution in [0.2, 0.25) is 0 Å². The van der Waals surface area contributed by atoms with Gasteiger partial charge in [-0.1, -0.05) is 46.3 Å². The largest absolute Gasteiger partial charge is 0.493 e. The molecule has 4 aromatic rings. The summed E-state index contributed by atoms with van der Waals surface area (Å²) in [5, 5.41) is 6.08. The molecule has 8 nitrogen and oxygen atoms in total. The number of hydrogen-bond donors (Lipinski definition) is 1. The molecular formula is C28H23BrN2O6. The molecule has 0 aliphatic carbocycles. The Kier molecular flexibility index (Phi) is 8.37. The lowest BCUT2D eigenvalue weighted by Crippen LogP contribution is -2.24. The lowest BCUT2D eigenvalue weighted by Gasteiger charge is -2.11. The van der Waals surface area contributed by atoms with E-state index in [0.29, 0.717) is 22.8 Å². The van der Waals surface area contributed by atoms with Gasteiger partial charge in [0.15, 0.2) is 18.1 Å². The molecule has 1 N–H and O–H groups in total. The van der Waals surface area contributed by atoms with Crippen molar-refractivity contribution in [1.29, 1.82) is 0 Å². The average Bonchev–Trinajstić information content (AvgIpc) is 2.92. The Morgan fingerprint density at radius 3 is 2.41 bits per heavy atom. The fourth-order valence-corrected chi connectivity index (χ4v) is 3.83. The summed E-state index contributed by atoms with van der Waals surface area (Å²) in [5.74, 6) is 0.704. The van der Waals surface area contributed by atoms with Gasteiger partial charge in [-0.05, 0) is 59.3 Å². The standard InChI is InChI=1S/C28H23BrN2O6/c1-34-25-11-8-20(15-26(25)35-2)28(33)37-24-12-9-22(29)13-21(24)16-30-31-27(32)17-36-23-10-7-18-5-3-4-6-19(18)14-23/h3-16H,17H2,1-2H3,(H,31,32)/b30-16-. The van der Waals surface area contributed by atoms with Gasteiger partial charge >= 0.3 is 5.97 Å². The summed E-state index contributed by atoms with van der Waals surface area (Å²) >= 11 is 3.39. The molecule has 0 aromatic heterocycles. The Labute approximate surface area is 221 Å². The van der Waals surface area contributed by atoms with Gasteiger partial charge in [-0.15, -0.1) is 0 Å². The van der Waals surface area contributed by atoms with Crippen LogP contribution in [0.3, 0.4) is 0 Å². The third-order valence-corrected chi connectivity index (χ3v) is 5.77. The van der Waals surface area contributed by atoms with Crippen molar-refractivity contribution in [3.63, 3.8) is 0 Å². The topological polar surface area (TPSA) is 95.5 Å². The highest BCUT2D eigenvalue weighted by atomic mass is 79.9. The number of benzene rings is 4. The van der Waals surface area contributed by atoms with E-state index in [0.717, 1.165) is 15.2 Å². The van der Waals surface area contributed by atoms with Crippen LogP contribution in [0.5, 0.6) is 23.0 Å². The molecule has 0 fully saturated rings. The summed E-state index contributed by atoms with van der Waals surface area (Å²) in [5.41, 5.74) is 3.17. The first-order valence-electron chi connectivity index (χ1n) is 11.1. The van der Waals surface area contributed by atoms with Crippen molar-refractivity contribution in [3.8, 4) is 23.0 Å². The highest BCUT2D eigenvalue weighted by molar-refractivity contribution is 9.10. The number of hydrazone groups is 1. The second-order valence-corrected chi connectivity index (χ2v) is 8.65. The molecule has 0 spiro atoms. The van der Waals surface area contributed by atoms with Gasteiger partial charge in [-0.25, -0.2) is 10.2 Å². The predicted molar refractivity (Wildman–Crippen MR) is 144 cm³/mol. The van der Waals surface area contributed by atoms with Crippen LogP contribution >= 0.6 is 15.9 Å². The van der Waals surface area contributed by atoms with E-state index in [2.05, 4.69) is 26.5 Å². The molecule has 0 unspecified atom stereocenters. The van der Waals surface area contributed by atoms with Gasteiger partial charge in [0.05, 0.1) is 26.0 Å². The molecule has 0 aliphatic rings. The zero-order valence-corrected chi connectivity index (χ0v) is 21.7. The first-order valence-corrected chi connectivity index (χ1v) is 11.9. The molecule has 0 saturated heterocycles. The van der Waals surface area contributed by atoms with Gasteiger partial charge in [0, 0.05) is 10.0 Å². The Hall–Kier alpha value is -4.37. The fraction of sp³-hybridized carbons (Fsp3) is 0.107. The zero-order chi connectivity index (χ0) is 26.2. The number of esters is 1. The van der Waals surface area contributed by atoms with Crippen LogP contribution in [0.4, 0.5) is 0 Å². The molecule has 4 rings (SSSR count). The van der Waals surface area contributed by atoms with Gasteiger partial charge < -0.3 is 18.9 Å². The van der Waals surface area contributed by atoms with E-state index >= 15 is 0 Å². The van der Waals surface area contributed by atoms with E-state index in [1.54, 1.807) is 36.4 Å². The van der Waals surface area contributed by atoms with Crippen molar-refractivity contribution in [1.82, 2.24) is 5.43 Å². The number of fused-ring (bicyclic) bond motifs is 1. The Morgan fingerprint density at radius 1 is 0.865 bits per heavy atom. The van der Waals surface area contributed by atoms with Gasteiger partial charge in [0.2, 0.25) is 0 Å². The van der Waals surface area contributed by atoms with Crippen LogP contribution in [-0.2, 0) is 4.79 Å². The van der Waals surface area contributed by atoms with Gasteiger partial charge in [-0.3, -0.25) is 4.79 Å². The Morgan fingerprint density at radius 2 is 1.62 bits per heavy atom. The maximum Gasteiger partial charge on any atom is 0.343 e. The number of rotatable bonds is 9. The van der Waals surface area contributed by atoms with Crippen LogP contribution in [-0.4, -0.2) is 38.9 Å². The number of nitrogens with one attached hydrogen (secondary N) is 1. The number of ether oxygens (including phenoxy) is 4. The Bertz CT molecular complexity index is 1470. The second-order valence-electron chi connectivity index (χ2n) is 7.73. The molecule has 9 heteroatoms. The van der Waals surface area contributed by atoms with Crippen LogP contribution < -0.4 is 24.4 Å². The van der Waals surface area contributed by atoms with E-state index in [1.807, 2.05) is 36.4 Å². The monoisotopic (exact) mass is 562 g/mol. The molecule has 4 aromatic carbocycles. The molecule has 0 aliphatic heterocycles. The van der Waals surface area contributed by atoms with E-state index < -0.39 is 11.9 Å². The number of nitrogens with zero attached hydrogens (tertiary/aromatic N) is 1. The third kappa shape index (κ3) is 6.65. The summed E-state index contributed by atoms with van der Waals surface area (Å²) in [6, 6.07) is 23.3. The highest BCUT2D eigenvalue weighted by Gasteiger charge is 2.15. The SMILES string of the molecule is COc1ccc(C(=O)Oc2ccc(Br)cc2/C=N\NC(=O)COc2ccc3ccccc3c2)cc1OC. The summed E-state index contributed by atoms with van der Waals surface area (Å²) in [6.07, 6.45) is 1.38. The third-order valence-electron chi connectivity index (χ3n) is 5.28. The fourth-order valence-electron chi connectivity index (χ4n) is 3.45. The highest BCUT2D eigenvalue weighted by Crippen LogP contribution is 2.29. The molecular weight excluding hydrogens is 540 g/mol. The zero-order valence-electron chi connectivity index (χ0n) is 20.1. The van der Waals surface area contributed by atoms with E-state index in [9.17, 15) is 9.59 Å². The molecule has 188 valence electrons. The summed E-state index contributed by atoms with van der Waals surface area (Å²) in [7, 11) is 3.00. The van der Waals surface area contributed by atoms with Gasteiger partial charge in [-0.2, -0.15) is 5.10 Å². The number of amides is 1. The minimum atomic E-state index is -0.592. The number of halogens is 1. The maximum atomic E-state index is 12.7. The Balaban J connectivity index is 1.38. The minimum absolute atomic E-state index is 0.213. The van der Waals surface area contributed by atoms with Gasteiger partial charge in [0.25, 0.3) is 5.91 Å². The first kappa shape index (κ1) is 25.7. The quantitative estimate of drug-likeness (QED) is 0.127. The van der Waals surface area contributed by atoms with Crippen LogP contribution in [0.25, 0.3) is 10.8 Å². The van der Waals surface area contributed by atoms with E-state index in [1.165, 1.54) is 26.5 Å². The molecule has 0 radical (unpaired) electrons. The molecule has 0 heterocycles. The summed E-state index contributed by atoms with van der Waals surface area (Å²) in [4.78, 5) is 25.0. The predicted octanol–water partition coefficient (Wildman–Crippen LogP) is 5.37. The van der Waals surface area contributed by atoms with E-state index in [-0.39, 0.29) is 17.9 Å². The van der Waals surface area contributed by atoms with Crippen molar-refractivity contribution < 1.29 is 28.5 Å². The molecule has 0 saturated carbocycles. The lowest BCUT2D eigenvalue weighted by molar-refractivity contribution is -0.123. The molecule has 37 heavy (non-hydrogen) atoms. The lowest BCUT2D eigenvalue weighted by atomic mass is 10.1. The van der Waals surface area contributed by atoms with Crippen molar-refractivity contribution in [3.05, 3.63) is 94.5 Å².